The summed E-state index contributed by atoms with van der Waals surface area (Å²) in [6.07, 6.45) is -0.875. The number of nitrogens with one attached hydrogen (secondary N) is 5. The lowest BCUT2D eigenvalue weighted by Gasteiger charge is -2.36. The fourth-order valence-electron chi connectivity index (χ4n) is 4.01. The minimum absolute atomic E-state index is 0.0193. The van der Waals surface area contributed by atoms with Crippen molar-refractivity contribution in [3.63, 3.8) is 0 Å². The first kappa shape index (κ1) is 35.6. The highest BCUT2D eigenvalue weighted by molar-refractivity contribution is 8.00. The van der Waals surface area contributed by atoms with Gasteiger partial charge in [0.2, 0.25) is 23.6 Å². The van der Waals surface area contributed by atoms with Crippen LogP contribution < -0.4 is 32.3 Å². The predicted octanol–water partition coefficient (Wildman–Crippen LogP) is -2.00. The Bertz CT molecular complexity index is 907. The number of aliphatic hydroxyl groups excluding tert-OH is 2. The van der Waals surface area contributed by atoms with Crippen LogP contribution in [0.15, 0.2) is 0 Å². The van der Waals surface area contributed by atoms with E-state index in [1.54, 1.807) is 6.92 Å². The second-order valence-corrected chi connectivity index (χ2v) is 12.0. The standard InChI is InChI=1S/C25H46N6O8S/c1-7-12(3)18-19(24(38)39)40-11-16(31-25(5,6)8-2)23(37)29-15(10-32)22(36)27-13(4)20(34)28-14(9-17(26)33)21(35)30-18/h12-16,18-19,21,30-32,35H,7-11H2,1-6H3,(H2,26,33)(H,27,36)(H,28,34)(H,29,37)(H,38,39)/t12?,13-,14?,15?,16-,18?,19?,21?/m0/s1. The number of carbonyl (C=O) groups excluding carboxylic acids is 4. The molecule has 1 rings (SSSR count). The molecule has 10 N–H and O–H groups in total. The first-order valence-corrected chi connectivity index (χ1v) is 14.5. The number of thioether (sulfide) groups is 1. The van der Waals surface area contributed by atoms with Gasteiger partial charge in [0.15, 0.2) is 0 Å². The van der Waals surface area contributed by atoms with Crippen molar-refractivity contribution in [3.8, 4) is 0 Å². The molecule has 15 heteroatoms. The van der Waals surface area contributed by atoms with Crippen LogP contribution in [0.4, 0.5) is 0 Å². The number of amides is 4. The van der Waals surface area contributed by atoms with Crippen LogP contribution in [0.2, 0.25) is 0 Å². The molecule has 1 aliphatic rings. The number of hydrogen-bond acceptors (Lipinski definition) is 10. The van der Waals surface area contributed by atoms with Crippen LogP contribution >= 0.6 is 11.8 Å². The molecule has 0 aliphatic carbocycles. The number of aliphatic hydroxyl groups is 2. The molecule has 1 heterocycles. The van der Waals surface area contributed by atoms with E-state index in [0.29, 0.717) is 12.8 Å². The van der Waals surface area contributed by atoms with Gasteiger partial charge in [-0.1, -0.05) is 27.2 Å². The van der Waals surface area contributed by atoms with Crippen molar-refractivity contribution in [1.82, 2.24) is 26.6 Å². The minimum Gasteiger partial charge on any atom is -0.480 e. The number of nitrogens with two attached hydrogens (primary N) is 1. The monoisotopic (exact) mass is 590 g/mol. The molecule has 0 aromatic carbocycles. The van der Waals surface area contributed by atoms with Crippen LogP contribution in [0, 0.1) is 5.92 Å². The SMILES string of the molecule is CCC(C)C1NC(O)C(CC(N)=O)NC(=O)[C@H](C)NC(=O)C(CO)NC(=O)[C@@H](NC(C)(C)CC)CSC1C(=O)O. The Labute approximate surface area is 239 Å². The van der Waals surface area contributed by atoms with Crippen LogP contribution in [0.3, 0.4) is 0 Å². The number of carbonyl (C=O) groups is 5. The first-order chi connectivity index (χ1) is 18.6. The van der Waals surface area contributed by atoms with Gasteiger partial charge in [0.1, 0.15) is 23.6 Å². The summed E-state index contributed by atoms with van der Waals surface area (Å²) in [6.45, 7) is 9.89. The summed E-state index contributed by atoms with van der Waals surface area (Å²) in [5, 5.41) is 43.3. The average molecular weight is 591 g/mol. The number of carboxylic acids is 1. The van der Waals surface area contributed by atoms with Crippen molar-refractivity contribution in [2.45, 2.75) is 108 Å². The fraction of sp³-hybridized carbons (Fsp3) is 0.800. The van der Waals surface area contributed by atoms with Crippen molar-refractivity contribution >= 4 is 41.4 Å². The summed E-state index contributed by atoms with van der Waals surface area (Å²) >= 11 is 0.970. The number of aliphatic carboxylic acids is 1. The van der Waals surface area contributed by atoms with Gasteiger partial charge in [0, 0.05) is 17.3 Å². The van der Waals surface area contributed by atoms with E-state index in [2.05, 4.69) is 26.6 Å². The molecule has 0 aromatic heterocycles. The second kappa shape index (κ2) is 16.1. The summed E-state index contributed by atoms with van der Waals surface area (Å²) in [4.78, 5) is 63.2. The molecular formula is C25H46N6O8S. The van der Waals surface area contributed by atoms with E-state index in [0.717, 1.165) is 11.8 Å². The van der Waals surface area contributed by atoms with Gasteiger partial charge in [0.05, 0.1) is 25.1 Å². The maximum Gasteiger partial charge on any atom is 0.318 e. The molecule has 0 radical (unpaired) electrons. The lowest BCUT2D eigenvalue weighted by Crippen LogP contribution is -2.62. The molecule has 1 aliphatic heterocycles. The third-order valence-corrected chi connectivity index (χ3v) is 8.47. The van der Waals surface area contributed by atoms with Gasteiger partial charge in [-0.2, -0.15) is 0 Å². The lowest BCUT2D eigenvalue weighted by atomic mass is 9.95. The van der Waals surface area contributed by atoms with Crippen molar-refractivity contribution in [2.24, 2.45) is 11.7 Å². The summed E-state index contributed by atoms with van der Waals surface area (Å²) in [7, 11) is 0. The lowest BCUT2D eigenvalue weighted by molar-refractivity contribution is -0.138. The Hall–Kier alpha value is -2.46. The van der Waals surface area contributed by atoms with Gasteiger partial charge in [-0.3, -0.25) is 29.3 Å². The van der Waals surface area contributed by atoms with Gasteiger partial charge in [-0.05, 0) is 33.1 Å². The highest BCUT2D eigenvalue weighted by atomic mass is 32.2. The molecule has 6 unspecified atom stereocenters. The molecule has 1 fully saturated rings. The van der Waals surface area contributed by atoms with Crippen LogP contribution in [-0.4, -0.2) is 105 Å². The molecule has 0 saturated carbocycles. The Morgan fingerprint density at radius 2 is 1.75 bits per heavy atom. The number of hydrogen-bond donors (Lipinski definition) is 9. The van der Waals surface area contributed by atoms with Gasteiger partial charge in [-0.25, -0.2) is 0 Å². The maximum absolute atomic E-state index is 13.3. The largest absolute Gasteiger partial charge is 0.480 e. The quantitative estimate of drug-likeness (QED) is 0.142. The molecule has 0 spiro atoms. The number of primary amides is 1. The average Bonchev–Trinajstić information content (AvgIpc) is 2.87. The molecular weight excluding hydrogens is 544 g/mol. The van der Waals surface area contributed by atoms with Crippen molar-refractivity contribution in [1.29, 1.82) is 0 Å². The maximum atomic E-state index is 13.3. The van der Waals surface area contributed by atoms with Gasteiger partial charge in [-0.15, -0.1) is 11.8 Å². The van der Waals surface area contributed by atoms with E-state index in [4.69, 9.17) is 5.73 Å². The molecule has 4 amide bonds. The molecule has 0 bridgehead atoms. The van der Waals surface area contributed by atoms with Crippen LogP contribution in [0.25, 0.3) is 0 Å². The van der Waals surface area contributed by atoms with E-state index in [1.807, 2.05) is 27.7 Å². The Morgan fingerprint density at radius 3 is 2.25 bits per heavy atom. The fourth-order valence-corrected chi connectivity index (χ4v) is 5.35. The number of rotatable bonds is 9. The zero-order valence-electron chi connectivity index (χ0n) is 24.0. The van der Waals surface area contributed by atoms with E-state index in [-0.39, 0.29) is 11.7 Å². The topological polar surface area (TPSA) is 232 Å². The third kappa shape index (κ3) is 10.8. The van der Waals surface area contributed by atoms with E-state index in [1.165, 1.54) is 6.92 Å². The zero-order valence-corrected chi connectivity index (χ0v) is 24.8. The van der Waals surface area contributed by atoms with Gasteiger partial charge in [0.25, 0.3) is 0 Å². The zero-order chi connectivity index (χ0) is 30.8. The predicted molar refractivity (Wildman–Crippen MR) is 150 cm³/mol. The van der Waals surface area contributed by atoms with Gasteiger partial charge >= 0.3 is 5.97 Å². The highest BCUT2D eigenvalue weighted by Crippen LogP contribution is 2.25. The molecule has 14 nitrogen and oxygen atoms in total. The molecule has 230 valence electrons. The first-order valence-electron chi connectivity index (χ1n) is 13.4. The highest BCUT2D eigenvalue weighted by Gasteiger charge is 2.38. The van der Waals surface area contributed by atoms with E-state index >= 15 is 0 Å². The summed E-state index contributed by atoms with van der Waals surface area (Å²) < 4.78 is 0. The van der Waals surface area contributed by atoms with Crippen LogP contribution in [0.1, 0.15) is 60.8 Å². The molecule has 0 aromatic rings. The Morgan fingerprint density at radius 1 is 1.12 bits per heavy atom. The smallest absolute Gasteiger partial charge is 0.318 e. The summed E-state index contributed by atoms with van der Waals surface area (Å²) in [5.41, 5.74) is 4.81. The second-order valence-electron chi connectivity index (χ2n) is 10.8. The van der Waals surface area contributed by atoms with Crippen LogP contribution in [0.5, 0.6) is 0 Å². The normalized spacial score (nSPS) is 30.5. The summed E-state index contributed by atoms with van der Waals surface area (Å²) in [5.74, 6) is -4.56. The number of carboxylic acid groups (broad SMARTS) is 1. The molecule has 40 heavy (non-hydrogen) atoms. The molecule has 8 atom stereocenters. The van der Waals surface area contributed by atoms with E-state index < -0.39 is 89.9 Å². The Balaban J connectivity index is 3.59. The van der Waals surface area contributed by atoms with Crippen molar-refractivity contribution in [2.75, 3.05) is 12.4 Å². The summed E-state index contributed by atoms with van der Waals surface area (Å²) in [6, 6.07) is -5.62. The van der Waals surface area contributed by atoms with Crippen molar-refractivity contribution in [3.05, 3.63) is 0 Å². The Kier molecular flexibility index (Phi) is 14.3. The third-order valence-electron chi connectivity index (χ3n) is 7.10. The molecule has 1 saturated heterocycles. The minimum atomic E-state index is -1.57. The van der Waals surface area contributed by atoms with Crippen LogP contribution in [-0.2, 0) is 24.0 Å². The van der Waals surface area contributed by atoms with Crippen molar-refractivity contribution < 1.29 is 39.3 Å². The van der Waals surface area contributed by atoms with Gasteiger partial charge < -0.3 is 42.3 Å². The van der Waals surface area contributed by atoms with E-state index in [9.17, 15) is 39.3 Å².